The van der Waals surface area contributed by atoms with Gasteiger partial charge in [0.25, 0.3) is 0 Å². The van der Waals surface area contributed by atoms with Crippen molar-refractivity contribution < 1.29 is 26.9 Å². The van der Waals surface area contributed by atoms with Crippen LogP contribution < -0.4 is 20.5 Å². The number of nitrogens with zero attached hydrogens (tertiary/aromatic N) is 3. The summed E-state index contributed by atoms with van der Waals surface area (Å²) in [6.07, 6.45) is 0. The van der Waals surface area contributed by atoms with E-state index in [1.807, 2.05) is 0 Å². The fourth-order valence-corrected chi connectivity index (χ4v) is 2.77. The quantitative estimate of drug-likeness (QED) is 0.577. The summed E-state index contributed by atoms with van der Waals surface area (Å²) in [7, 11) is -3.15. The standard InChI is InChI=1S/C15H18N6O6S/c1-4-26-15-19-11(18-14(17-3)20-15)10-8(2)6-5-7-9(10)12(22)27-28(24,25)21-13(16)23/h5-7H,4H2,1-3H3,(H3,16,21,23)(H,17,18,19,20). The molecule has 4 N–H and O–H groups in total. The maximum absolute atomic E-state index is 12.4. The number of nitrogens with one attached hydrogen (secondary N) is 2. The molecular formula is C15H18N6O6S. The summed E-state index contributed by atoms with van der Waals surface area (Å²) in [5.41, 5.74) is 5.37. The van der Waals surface area contributed by atoms with E-state index in [0.717, 1.165) is 0 Å². The van der Waals surface area contributed by atoms with Crippen molar-refractivity contribution in [2.24, 2.45) is 5.73 Å². The molecule has 0 saturated heterocycles. The van der Waals surface area contributed by atoms with Gasteiger partial charge in [-0.05, 0) is 25.5 Å². The summed E-state index contributed by atoms with van der Waals surface area (Å²) in [6, 6.07) is 3.14. The summed E-state index contributed by atoms with van der Waals surface area (Å²) < 4.78 is 34.4. The number of carbonyl (C=O) groups excluding carboxylic acids is 2. The first-order chi connectivity index (χ1) is 13.2. The van der Waals surface area contributed by atoms with Crippen molar-refractivity contribution in [1.82, 2.24) is 19.7 Å². The molecule has 13 heteroatoms. The van der Waals surface area contributed by atoms with Gasteiger partial charge in [0, 0.05) is 12.6 Å². The Balaban J connectivity index is 2.54. The molecule has 0 spiro atoms. The molecule has 0 atom stereocenters. The summed E-state index contributed by atoms with van der Waals surface area (Å²) in [5.74, 6) is -1.01. The number of nitrogens with two attached hydrogens (primary N) is 1. The van der Waals surface area contributed by atoms with E-state index in [0.29, 0.717) is 12.2 Å². The zero-order valence-corrected chi connectivity index (χ0v) is 16.0. The lowest BCUT2D eigenvalue weighted by molar-refractivity contribution is 0.0745. The molecule has 1 aromatic carbocycles. The van der Waals surface area contributed by atoms with Crippen LogP contribution in [0.25, 0.3) is 11.4 Å². The van der Waals surface area contributed by atoms with E-state index in [9.17, 15) is 18.0 Å². The molecule has 2 amide bonds. The second-order valence-electron chi connectivity index (χ2n) is 5.24. The smallest absolute Gasteiger partial charge is 0.413 e. The summed E-state index contributed by atoms with van der Waals surface area (Å²) in [4.78, 5) is 35.6. The van der Waals surface area contributed by atoms with Crippen LogP contribution in [-0.2, 0) is 14.5 Å². The van der Waals surface area contributed by atoms with Crippen LogP contribution in [-0.4, -0.2) is 49.0 Å². The molecule has 2 aromatic rings. The van der Waals surface area contributed by atoms with Gasteiger partial charge in [-0.1, -0.05) is 12.1 Å². The molecule has 12 nitrogen and oxygen atoms in total. The highest BCUT2D eigenvalue weighted by atomic mass is 32.2. The lowest BCUT2D eigenvalue weighted by Gasteiger charge is -2.13. The molecule has 0 aliphatic rings. The van der Waals surface area contributed by atoms with Crippen LogP contribution in [0.5, 0.6) is 6.01 Å². The van der Waals surface area contributed by atoms with Gasteiger partial charge in [0.05, 0.1) is 12.2 Å². The fraction of sp³-hybridized carbons (Fsp3) is 0.267. The number of carbonyl (C=O) groups is 2. The molecule has 0 aliphatic heterocycles. The molecule has 0 radical (unpaired) electrons. The van der Waals surface area contributed by atoms with Gasteiger partial charge in [-0.2, -0.15) is 23.4 Å². The summed E-state index contributed by atoms with van der Waals surface area (Å²) in [5, 5.41) is 2.75. The highest BCUT2D eigenvalue weighted by molar-refractivity contribution is 7.85. The van der Waals surface area contributed by atoms with E-state index < -0.39 is 22.3 Å². The summed E-state index contributed by atoms with van der Waals surface area (Å²) >= 11 is 0. The molecule has 28 heavy (non-hydrogen) atoms. The molecule has 1 heterocycles. The number of rotatable bonds is 7. The normalized spacial score (nSPS) is 10.8. The van der Waals surface area contributed by atoms with Crippen molar-refractivity contribution >= 4 is 28.3 Å². The number of ether oxygens (including phenoxy) is 1. The molecule has 1 aromatic heterocycles. The van der Waals surface area contributed by atoms with E-state index in [4.69, 9.17) is 10.5 Å². The monoisotopic (exact) mass is 410 g/mol. The number of hydrogen-bond donors (Lipinski definition) is 3. The van der Waals surface area contributed by atoms with E-state index in [2.05, 4.69) is 24.5 Å². The third-order valence-electron chi connectivity index (χ3n) is 3.24. The Morgan fingerprint density at radius 2 is 1.93 bits per heavy atom. The van der Waals surface area contributed by atoms with Crippen LogP contribution in [0.15, 0.2) is 18.2 Å². The van der Waals surface area contributed by atoms with Crippen LogP contribution in [0.1, 0.15) is 22.8 Å². The van der Waals surface area contributed by atoms with Gasteiger partial charge >= 0.3 is 28.3 Å². The number of primary amides is 1. The first-order valence-corrected chi connectivity index (χ1v) is 9.30. The van der Waals surface area contributed by atoms with Gasteiger partial charge in [-0.25, -0.2) is 14.3 Å². The van der Waals surface area contributed by atoms with E-state index in [1.165, 1.54) is 16.9 Å². The first kappa shape index (κ1) is 20.8. The average molecular weight is 410 g/mol. The number of anilines is 1. The van der Waals surface area contributed by atoms with Crippen LogP contribution in [0, 0.1) is 6.92 Å². The topological polar surface area (TPSA) is 175 Å². The van der Waals surface area contributed by atoms with Crippen molar-refractivity contribution in [3.63, 3.8) is 0 Å². The lowest BCUT2D eigenvalue weighted by Crippen LogP contribution is -2.37. The Labute approximate surface area is 160 Å². The second-order valence-corrected chi connectivity index (χ2v) is 6.52. The maximum atomic E-state index is 12.4. The predicted octanol–water partition coefficient (Wildman–Crippen LogP) is 0.357. The number of aryl methyl sites for hydroxylation is 1. The molecule has 0 saturated carbocycles. The number of urea groups is 1. The van der Waals surface area contributed by atoms with Crippen LogP contribution in [0.3, 0.4) is 0 Å². The van der Waals surface area contributed by atoms with E-state index in [1.54, 1.807) is 27.0 Å². The van der Waals surface area contributed by atoms with Gasteiger partial charge < -0.3 is 20.0 Å². The maximum Gasteiger partial charge on any atom is 0.413 e. The molecule has 150 valence electrons. The largest absolute Gasteiger partial charge is 0.464 e. The molecule has 2 rings (SSSR count). The third kappa shape index (κ3) is 5.03. The van der Waals surface area contributed by atoms with Gasteiger partial charge in [0.2, 0.25) is 5.95 Å². The van der Waals surface area contributed by atoms with Gasteiger partial charge in [-0.15, -0.1) is 0 Å². The molecule has 0 fully saturated rings. The zero-order chi connectivity index (χ0) is 20.9. The average Bonchev–Trinajstić information content (AvgIpc) is 2.59. The Bertz CT molecular complexity index is 1010. The number of amides is 2. The Kier molecular flexibility index (Phi) is 6.30. The Hall–Kier alpha value is -3.48. The molecule has 0 aliphatic carbocycles. The first-order valence-electron chi connectivity index (χ1n) is 7.89. The SMILES string of the molecule is CCOc1nc(NC)nc(-c2c(C)cccc2C(=O)OS(=O)(=O)NC(N)=O)n1. The molecule has 0 unspecified atom stereocenters. The minimum absolute atomic E-state index is 0.0161. The Morgan fingerprint density at radius 3 is 2.54 bits per heavy atom. The minimum Gasteiger partial charge on any atom is -0.464 e. The number of hydrogen-bond acceptors (Lipinski definition) is 10. The number of aromatic nitrogens is 3. The van der Waals surface area contributed by atoms with E-state index in [-0.39, 0.29) is 28.9 Å². The minimum atomic E-state index is -4.73. The zero-order valence-electron chi connectivity index (χ0n) is 15.2. The molecule has 0 bridgehead atoms. The summed E-state index contributed by atoms with van der Waals surface area (Å²) in [6.45, 7) is 3.72. The van der Waals surface area contributed by atoms with Crippen molar-refractivity contribution in [1.29, 1.82) is 0 Å². The van der Waals surface area contributed by atoms with Crippen molar-refractivity contribution in [2.75, 3.05) is 19.0 Å². The van der Waals surface area contributed by atoms with E-state index >= 15 is 0 Å². The van der Waals surface area contributed by atoms with Crippen molar-refractivity contribution in [3.8, 4) is 17.4 Å². The number of benzene rings is 1. The van der Waals surface area contributed by atoms with Gasteiger partial charge in [0.1, 0.15) is 0 Å². The highest BCUT2D eigenvalue weighted by Crippen LogP contribution is 2.27. The van der Waals surface area contributed by atoms with Crippen LogP contribution >= 0.6 is 0 Å². The van der Waals surface area contributed by atoms with Gasteiger partial charge in [0.15, 0.2) is 5.82 Å². The fourth-order valence-electron chi connectivity index (χ4n) is 2.20. The van der Waals surface area contributed by atoms with Gasteiger partial charge in [-0.3, -0.25) is 0 Å². The lowest BCUT2D eigenvalue weighted by atomic mass is 10.0. The highest BCUT2D eigenvalue weighted by Gasteiger charge is 2.25. The predicted molar refractivity (Wildman–Crippen MR) is 97.8 cm³/mol. The third-order valence-corrected chi connectivity index (χ3v) is 4.06. The van der Waals surface area contributed by atoms with Crippen LogP contribution in [0.4, 0.5) is 10.7 Å². The second kappa shape index (κ2) is 8.47. The van der Waals surface area contributed by atoms with Crippen LogP contribution in [0.2, 0.25) is 0 Å². The molecular weight excluding hydrogens is 392 g/mol. The van der Waals surface area contributed by atoms with Crippen molar-refractivity contribution in [2.45, 2.75) is 13.8 Å². The Morgan fingerprint density at radius 1 is 1.21 bits per heavy atom. The van der Waals surface area contributed by atoms with Crippen molar-refractivity contribution in [3.05, 3.63) is 29.3 Å².